The number of halogens is 1. The third kappa shape index (κ3) is 3.79. The summed E-state index contributed by atoms with van der Waals surface area (Å²) in [7, 11) is 0. The number of carboxylic acids is 1. The van der Waals surface area contributed by atoms with Gasteiger partial charge in [0, 0.05) is 16.8 Å². The highest BCUT2D eigenvalue weighted by Gasteiger charge is 2.13. The maximum absolute atomic E-state index is 12.1. The number of nitrogens with zero attached hydrogens (tertiary/aromatic N) is 1. The standard InChI is InChI=1S/C15H13ClN2O3/c1-9(10-2-4-12(16)5-3-10)18-14(19)11-6-7-17-13(8-11)15(20)21/h2-9H,1H3,(H,18,19)(H,20,21). The van der Waals surface area contributed by atoms with E-state index in [2.05, 4.69) is 10.3 Å². The number of amides is 1. The van der Waals surface area contributed by atoms with Gasteiger partial charge in [0.2, 0.25) is 0 Å². The molecule has 1 aromatic heterocycles. The predicted molar refractivity (Wildman–Crippen MR) is 78.5 cm³/mol. The molecule has 0 aliphatic heterocycles. The summed E-state index contributed by atoms with van der Waals surface area (Å²) >= 11 is 5.82. The molecule has 0 aliphatic carbocycles. The third-order valence-electron chi connectivity index (χ3n) is 2.96. The Kier molecular flexibility index (Phi) is 4.55. The highest BCUT2D eigenvalue weighted by molar-refractivity contribution is 6.30. The Balaban J connectivity index is 2.12. The number of carbonyl (C=O) groups excluding carboxylic acids is 1. The molecular formula is C15H13ClN2O3. The number of carbonyl (C=O) groups is 2. The molecule has 1 amide bonds. The summed E-state index contributed by atoms with van der Waals surface area (Å²) in [6.07, 6.45) is 1.30. The van der Waals surface area contributed by atoms with Gasteiger partial charge in [0.15, 0.2) is 0 Å². The minimum absolute atomic E-state index is 0.165. The van der Waals surface area contributed by atoms with Crippen molar-refractivity contribution in [3.05, 3.63) is 64.4 Å². The fraction of sp³-hybridized carbons (Fsp3) is 0.133. The van der Waals surface area contributed by atoms with Gasteiger partial charge in [0.05, 0.1) is 6.04 Å². The molecule has 21 heavy (non-hydrogen) atoms. The molecule has 0 spiro atoms. The number of aromatic carboxylic acids is 1. The minimum Gasteiger partial charge on any atom is -0.477 e. The molecular weight excluding hydrogens is 292 g/mol. The summed E-state index contributed by atoms with van der Waals surface area (Å²) in [5.74, 6) is -1.53. The molecule has 0 aliphatic rings. The number of carboxylic acid groups (broad SMARTS) is 1. The van der Waals surface area contributed by atoms with Gasteiger partial charge >= 0.3 is 5.97 Å². The van der Waals surface area contributed by atoms with Crippen LogP contribution in [0.1, 0.15) is 39.4 Å². The Labute approximate surface area is 126 Å². The van der Waals surface area contributed by atoms with Crippen molar-refractivity contribution in [2.24, 2.45) is 0 Å². The fourth-order valence-electron chi connectivity index (χ4n) is 1.80. The van der Waals surface area contributed by atoms with E-state index in [1.54, 1.807) is 12.1 Å². The Morgan fingerprint density at radius 2 is 1.90 bits per heavy atom. The van der Waals surface area contributed by atoms with Gasteiger partial charge in [-0.15, -0.1) is 0 Å². The molecule has 2 N–H and O–H groups in total. The zero-order chi connectivity index (χ0) is 15.4. The van der Waals surface area contributed by atoms with Crippen LogP contribution >= 0.6 is 11.6 Å². The van der Waals surface area contributed by atoms with Crippen molar-refractivity contribution in [2.45, 2.75) is 13.0 Å². The van der Waals surface area contributed by atoms with E-state index in [0.29, 0.717) is 5.02 Å². The van der Waals surface area contributed by atoms with E-state index in [1.165, 1.54) is 18.3 Å². The normalized spacial score (nSPS) is 11.7. The lowest BCUT2D eigenvalue weighted by Gasteiger charge is -2.14. The van der Waals surface area contributed by atoms with Crippen LogP contribution < -0.4 is 5.32 Å². The molecule has 1 aromatic carbocycles. The topological polar surface area (TPSA) is 79.3 Å². The van der Waals surface area contributed by atoms with Crippen molar-refractivity contribution in [3.63, 3.8) is 0 Å². The van der Waals surface area contributed by atoms with Gasteiger partial charge in [-0.1, -0.05) is 23.7 Å². The Morgan fingerprint density at radius 3 is 2.52 bits per heavy atom. The Bertz CT molecular complexity index is 671. The summed E-state index contributed by atoms with van der Waals surface area (Å²) < 4.78 is 0. The molecule has 1 heterocycles. The lowest BCUT2D eigenvalue weighted by molar-refractivity contribution is 0.0690. The third-order valence-corrected chi connectivity index (χ3v) is 3.21. The van der Waals surface area contributed by atoms with E-state index in [-0.39, 0.29) is 23.2 Å². The van der Waals surface area contributed by atoms with Gasteiger partial charge in [-0.05, 0) is 36.8 Å². The second-order valence-corrected chi connectivity index (χ2v) is 4.92. The molecule has 0 radical (unpaired) electrons. The van der Waals surface area contributed by atoms with Gasteiger partial charge in [0.1, 0.15) is 5.69 Å². The zero-order valence-electron chi connectivity index (χ0n) is 11.2. The zero-order valence-corrected chi connectivity index (χ0v) is 12.0. The molecule has 2 rings (SSSR count). The van der Waals surface area contributed by atoms with E-state index < -0.39 is 5.97 Å². The molecule has 2 aromatic rings. The molecule has 0 saturated carbocycles. The average Bonchev–Trinajstić information content (AvgIpc) is 2.48. The molecule has 0 fully saturated rings. The predicted octanol–water partition coefficient (Wildman–Crippen LogP) is 2.92. The lowest BCUT2D eigenvalue weighted by Crippen LogP contribution is -2.26. The smallest absolute Gasteiger partial charge is 0.354 e. The van der Waals surface area contributed by atoms with Crippen molar-refractivity contribution in [1.82, 2.24) is 10.3 Å². The maximum atomic E-state index is 12.1. The quantitative estimate of drug-likeness (QED) is 0.910. The van der Waals surface area contributed by atoms with Crippen molar-refractivity contribution >= 4 is 23.5 Å². The highest BCUT2D eigenvalue weighted by Crippen LogP contribution is 2.16. The fourth-order valence-corrected chi connectivity index (χ4v) is 1.93. The largest absolute Gasteiger partial charge is 0.477 e. The van der Waals surface area contributed by atoms with E-state index >= 15 is 0 Å². The average molecular weight is 305 g/mol. The van der Waals surface area contributed by atoms with Crippen LogP contribution in [0.2, 0.25) is 5.02 Å². The van der Waals surface area contributed by atoms with Crippen molar-refractivity contribution < 1.29 is 14.7 Å². The van der Waals surface area contributed by atoms with Crippen LogP contribution in [-0.4, -0.2) is 22.0 Å². The second kappa shape index (κ2) is 6.37. The summed E-state index contributed by atoms with van der Waals surface area (Å²) in [6, 6.07) is 9.62. The van der Waals surface area contributed by atoms with E-state index in [0.717, 1.165) is 5.56 Å². The first-order valence-corrected chi connectivity index (χ1v) is 6.61. The van der Waals surface area contributed by atoms with Gasteiger partial charge in [-0.3, -0.25) is 4.79 Å². The number of benzene rings is 1. The Morgan fingerprint density at radius 1 is 1.24 bits per heavy atom. The number of pyridine rings is 1. The van der Waals surface area contributed by atoms with Crippen LogP contribution in [0.15, 0.2) is 42.6 Å². The molecule has 6 heteroatoms. The number of rotatable bonds is 4. The number of aromatic nitrogens is 1. The second-order valence-electron chi connectivity index (χ2n) is 4.48. The molecule has 1 unspecified atom stereocenters. The van der Waals surface area contributed by atoms with E-state index in [1.807, 2.05) is 19.1 Å². The lowest BCUT2D eigenvalue weighted by atomic mass is 10.1. The summed E-state index contributed by atoms with van der Waals surface area (Å²) in [4.78, 5) is 26.6. The first kappa shape index (κ1) is 15.0. The van der Waals surface area contributed by atoms with Crippen LogP contribution in [0.25, 0.3) is 0 Å². The highest BCUT2D eigenvalue weighted by atomic mass is 35.5. The van der Waals surface area contributed by atoms with Crippen LogP contribution in [0, 0.1) is 0 Å². The van der Waals surface area contributed by atoms with Crippen LogP contribution in [-0.2, 0) is 0 Å². The molecule has 5 nitrogen and oxygen atoms in total. The summed E-state index contributed by atoms with van der Waals surface area (Å²) in [6.45, 7) is 1.83. The van der Waals surface area contributed by atoms with Gasteiger partial charge in [-0.25, -0.2) is 9.78 Å². The molecule has 0 bridgehead atoms. The van der Waals surface area contributed by atoms with Crippen molar-refractivity contribution in [3.8, 4) is 0 Å². The molecule has 0 saturated heterocycles. The minimum atomic E-state index is -1.17. The Hall–Kier alpha value is -2.40. The van der Waals surface area contributed by atoms with Crippen LogP contribution in [0.5, 0.6) is 0 Å². The summed E-state index contributed by atoms with van der Waals surface area (Å²) in [5.41, 5.74) is 0.991. The van der Waals surface area contributed by atoms with Crippen molar-refractivity contribution in [1.29, 1.82) is 0 Å². The number of hydrogen-bond donors (Lipinski definition) is 2. The van der Waals surface area contributed by atoms with Crippen LogP contribution in [0.4, 0.5) is 0 Å². The number of hydrogen-bond acceptors (Lipinski definition) is 3. The maximum Gasteiger partial charge on any atom is 0.354 e. The van der Waals surface area contributed by atoms with Crippen LogP contribution in [0.3, 0.4) is 0 Å². The monoisotopic (exact) mass is 304 g/mol. The van der Waals surface area contributed by atoms with Crippen molar-refractivity contribution in [2.75, 3.05) is 0 Å². The van der Waals surface area contributed by atoms with E-state index in [4.69, 9.17) is 16.7 Å². The molecule has 1 atom stereocenters. The van der Waals surface area contributed by atoms with E-state index in [9.17, 15) is 9.59 Å². The first-order valence-electron chi connectivity index (χ1n) is 6.23. The molecule has 108 valence electrons. The first-order chi connectivity index (χ1) is 9.97. The van der Waals surface area contributed by atoms with Gasteiger partial charge in [-0.2, -0.15) is 0 Å². The summed E-state index contributed by atoms with van der Waals surface area (Å²) in [5, 5.41) is 12.3. The van der Waals surface area contributed by atoms with Gasteiger partial charge in [0.25, 0.3) is 5.91 Å². The number of nitrogens with one attached hydrogen (secondary N) is 1. The SMILES string of the molecule is CC(NC(=O)c1ccnc(C(=O)O)c1)c1ccc(Cl)cc1. The van der Waals surface area contributed by atoms with Gasteiger partial charge < -0.3 is 10.4 Å².